The third-order valence-corrected chi connectivity index (χ3v) is 5.63. The first-order chi connectivity index (χ1) is 10.1. The van der Waals surface area contributed by atoms with Crippen molar-refractivity contribution >= 4 is 20.0 Å². The number of hydrogen-bond acceptors (Lipinski definition) is 5. The Balaban J connectivity index is 2.14. The maximum atomic E-state index is 12.2. The monoisotopic (exact) mass is 344 g/mol. The number of aromatic nitrogens is 2. The van der Waals surface area contributed by atoms with Crippen molar-refractivity contribution < 1.29 is 16.8 Å². The van der Waals surface area contributed by atoms with Crippen LogP contribution < -0.4 is 9.86 Å². The lowest BCUT2D eigenvalue weighted by molar-refractivity contribution is 0.579. The normalized spacial score (nSPS) is 12.5. The molecular weight excluding hydrogens is 328 g/mol. The second kappa shape index (κ2) is 5.80. The van der Waals surface area contributed by atoms with E-state index in [0.29, 0.717) is 11.3 Å². The van der Waals surface area contributed by atoms with Crippen LogP contribution in [-0.2, 0) is 33.6 Å². The third kappa shape index (κ3) is 3.53. The average molecular weight is 344 g/mol. The molecule has 22 heavy (non-hydrogen) atoms. The molecule has 0 atom stereocenters. The molecule has 1 aromatic heterocycles. The van der Waals surface area contributed by atoms with Gasteiger partial charge < -0.3 is 0 Å². The third-order valence-electron chi connectivity index (χ3n) is 3.20. The topological polar surface area (TPSA) is 124 Å². The summed E-state index contributed by atoms with van der Waals surface area (Å²) in [5.41, 5.74) is 1.13. The molecule has 10 heteroatoms. The lowest BCUT2D eigenvalue weighted by Gasteiger charge is -2.07. The molecule has 120 valence electrons. The zero-order valence-electron chi connectivity index (χ0n) is 12.0. The van der Waals surface area contributed by atoms with E-state index in [4.69, 9.17) is 5.14 Å². The molecule has 0 aliphatic heterocycles. The lowest BCUT2D eigenvalue weighted by atomic mass is 10.2. The number of rotatable bonds is 5. The molecule has 0 amide bonds. The molecule has 3 N–H and O–H groups in total. The molecule has 1 aromatic carbocycles. The minimum atomic E-state index is -3.76. The summed E-state index contributed by atoms with van der Waals surface area (Å²) < 4.78 is 50.6. The second-order valence-corrected chi connectivity index (χ2v) is 8.03. The maximum Gasteiger partial charge on any atom is 0.244 e. The molecule has 0 fully saturated rings. The maximum absolute atomic E-state index is 12.2. The van der Waals surface area contributed by atoms with Gasteiger partial charge in [0.25, 0.3) is 0 Å². The Kier molecular flexibility index (Phi) is 4.38. The van der Waals surface area contributed by atoms with Gasteiger partial charge in [-0.05, 0) is 24.6 Å². The first kappa shape index (κ1) is 16.6. The van der Waals surface area contributed by atoms with Gasteiger partial charge in [0, 0.05) is 13.6 Å². The van der Waals surface area contributed by atoms with Crippen LogP contribution in [0.5, 0.6) is 0 Å². The Labute approximate surface area is 129 Å². The van der Waals surface area contributed by atoms with E-state index in [0.717, 1.165) is 0 Å². The van der Waals surface area contributed by atoms with E-state index in [1.165, 1.54) is 35.1 Å². The Hall–Kier alpha value is -1.75. The zero-order valence-corrected chi connectivity index (χ0v) is 13.6. The van der Waals surface area contributed by atoms with Gasteiger partial charge in [0.1, 0.15) is 4.90 Å². The molecule has 1 heterocycles. The van der Waals surface area contributed by atoms with Crippen LogP contribution in [0.3, 0.4) is 0 Å². The van der Waals surface area contributed by atoms with Crippen LogP contribution in [0.1, 0.15) is 11.3 Å². The summed E-state index contributed by atoms with van der Waals surface area (Å²) >= 11 is 0. The van der Waals surface area contributed by atoms with Gasteiger partial charge in [-0.15, -0.1) is 0 Å². The van der Waals surface area contributed by atoms with Crippen LogP contribution >= 0.6 is 0 Å². The van der Waals surface area contributed by atoms with Crippen molar-refractivity contribution in [1.29, 1.82) is 0 Å². The summed E-state index contributed by atoms with van der Waals surface area (Å²) in [4.78, 5) is 0.0818. The molecule has 2 aromatic rings. The minimum absolute atomic E-state index is 0.0257. The van der Waals surface area contributed by atoms with E-state index in [1.54, 1.807) is 14.0 Å². The molecule has 0 unspecified atom stereocenters. The number of nitrogens with two attached hydrogens (primary N) is 1. The Morgan fingerprint density at radius 2 is 1.77 bits per heavy atom. The quantitative estimate of drug-likeness (QED) is 0.781. The number of aryl methyl sites for hydroxylation is 1. The molecular formula is C12H16N4O4S2. The van der Waals surface area contributed by atoms with Gasteiger partial charge in [-0.2, -0.15) is 5.10 Å². The van der Waals surface area contributed by atoms with Crippen molar-refractivity contribution in [3.63, 3.8) is 0 Å². The van der Waals surface area contributed by atoms with Gasteiger partial charge in [-0.1, -0.05) is 12.1 Å². The summed E-state index contributed by atoms with van der Waals surface area (Å²) in [7, 11) is -5.79. The van der Waals surface area contributed by atoms with Gasteiger partial charge in [0.05, 0.1) is 16.8 Å². The van der Waals surface area contributed by atoms with Gasteiger partial charge in [0.2, 0.25) is 20.0 Å². The molecule has 0 spiro atoms. The van der Waals surface area contributed by atoms with Gasteiger partial charge in [-0.25, -0.2) is 26.7 Å². The van der Waals surface area contributed by atoms with E-state index < -0.39 is 20.0 Å². The predicted molar refractivity (Wildman–Crippen MR) is 79.8 cm³/mol. The van der Waals surface area contributed by atoms with Crippen LogP contribution in [0.4, 0.5) is 0 Å². The van der Waals surface area contributed by atoms with Crippen molar-refractivity contribution in [3.8, 4) is 0 Å². The lowest BCUT2D eigenvalue weighted by Crippen LogP contribution is -2.23. The molecule has 0 bridgehead atoms. The van der Waals surface area contributed by atoms with Crippen LogP contribution in [0.15, 0.2) is 40.3 Å². The summed E-state index contributed by atoms with van der Waals surface area (Å²) in [6.45, 7) is 1.68. The standard InChI is InChI=1S/C12H16N4O4S2/c1-9-12(8-14-16(9)2)22(19,20)15-7-10-3-5-11(6-4-10)21(13,17)18/h3-6,8,15H,7H2,1-2H3,(H2,13,17,18). The van der Waals surface area contributed by atoms with E-state index in [-0.39, 0.29) is 16.3 Å². The number of sulfonamides is 2. The highest BCUT2D eigenvalue weighted by atomic mass is 32.2. The Bertz CT molecular complexity index is 884. The molecule has 0 radical (unpaired) electrons. The molecule has 0 saturated carbocycles. The van der Waals surface area contributed by atoms with Crippen LogP contribution in [-0.4, -0.2) is 26.6 Å². The number of primary sulfonamides is 1. The number of hydrogen-bond donors (Lipinski definition) is 2. The molecule has 2 rings (SSSR count). The second-order valence-electron chi connectivity index (χ2n) is 4.73. The molecule has 8 nitrogen and oxygen atoms in total. The largest absolute Gasteiger partial charge is 0.272 e. The fraction of sp³-hybridized carbons (Fsp3) is 0.250. The van der Waals surface area contributed by atoms with Crippen molar-refractivity contribution in [2.75, 3.05) is 0 Å². The Morgan fingerprint density at radius 3 is 2.23 bits per heavy atom. The van der Waals surface area contributed by atoms with Crippen molar-refractivity contribution in [3.05, 3.63) is 41.7 Å². The van der Waals surface area contributed by atoms with Gasteiger partial charge >= 0.3 is 0 Å². The summed E-state index contributed by atoms with van der Waals surface area (Å²) in [5.74, 6) is 0. The summed E-state index contributed by atoms with van der Waals surface area (Å²) in [5, 5.41) is 8.89. The average Bonchev–Trinajstić information content (AvgIpc) is 2.77. The highest BCUT2D eigenvalue weighted by molar-refractivity contribution is 7.89. The van der Waals surface area contributed by atoms with Crippen molar-refractivity contribution in [2.24, 2.45) is 12.2 Å². The smallest absolute Gasteiger partial charge is 0.244 e. The fourth-order valence-electron chi connectivity index (χ4n) is 1.80. The minimum Gasteiger partial charge on any atom is -0.272 e. The summed E-state index contributed by atoms with van der Waals surface area (Å²) in [6.07, 6.45) is 1.28. The molecule has 0 aliphatic carbocycles. The zero-order chi connectivity index (χ0) is 16.5. The van der Waals surface area contributed by atoms with Crippen molar-refractivity contribution in [1.82, 2.24) is 14.5 Å². The van der Waals surface area contributed by atoms with Crippen LogP contribution in [0, 0.1) is 6.92 Å². The van der Waals surface area contributed by atoms with Crippen LogP contribution in [0.2, 0.25) is 0 Å². The first-order valence-electron chi connectivity index (χ1n) is 6.21. The highest BCUT2D eigenvalue weighted by Crippen LogP contribution is 2.14. The molecule has 0 aliphatic rings. The van der Waals surface area contributed by atoms with E-state index in [1.807, 2.05) is 0 Å². The number of nitrogens with zero attached hydrogens (tertiary/aromatic N) is 2. The van der Waals surface area contributed by atoms with E-state index in [9.17, 15) is 16.8 Å². The van der Waals surface area contributed by atoms with E-state index >= 15 is 0 Å². The predicted octanol–water partition coefficient (Wildman–Crippen LogP) is -0.146. The number of nitrogens with one attached hydrogen (secondary N) is 1. The molecule has 0 saturated heterocycles. The SMILES string of the molecule is Cc1c(S(=O)(=O)NCc2ccc(S(N)(=O)=O)cc2)cnn1C. The van der Waals surface area contributed by atoms with Gasteiger partial charge in [0.15, 0.2) is 0 Å². The summed E-state index contributed by atoms with van der Waals surface area (Å²) in [6, 6.07) is 5.65. The van der Waals surface area contributed by atoms with E-state index in [2.05, 4.69) is 9.82 Å². The highest BCUT2D eigenvalue weighted by Gasteiger charge is 2.19. The van der Waals surface area contributed by atoms with Crippen molar-refractivity contribution in [2.45, 2.75) is 23.3 Å². The first-order valence-corrected chi connectivity index (χ1v) is 9.24. The van der Waals surface area contributed by atoms with Crippen LogP contribution in [0.25, 0.3) is 0 Å². The van der Waals surface area contributed by atoms with Gasteiger partial charge in [-0.3, -0.25) is 4.68 Å². The Morgan fingerprint density at radius 1 is 1.18 bits per heavy atom. The number of benzene rings is 1. The fourth-order valence-corrected chi connectivity index (χ4v) is 3.53.